The number of carbonyl (C=O) groups excluding carboxylic acids is 1. The molecule has 0 amide bonds. The van der Waals surface area contributed by atoms with Crippen LogP contribution >= 0.6 is 7.60 Å². The van der Waals surface area contributed by atoms with Gasteiger partial charge in [0.2, 0.25) is 10.4 Å². The Kier molecular flexibility index (Phi) is 10.3. The minimum absolute atomic E-state index is 0. The zero-order valence-electron chi connectivity index (χ0n) is 10.2. The topological polar surface area (TPSA) is 128 Å². The first-order valence-corrected chi connectivity index (χ1v) is 7.20. The van der Waals surface area contributed by atoms with Crippen molar-refractivity contribution in [1.82, 2.24) is 0 Å². The maximum atomic E-state index is 11.7. The average molecular weight is 298 g/mol. The van der Waals surface area contributed by atoms with Crippen molar-refractivity contribution in [1.29, 1.82) is 0 Å². The van der Waals surface area contributed by atoms with E-state index in [1.54, 1.807) is 0 Å². The molecule has 0 N–H and O–H groups in total. The first kappa shape index (κ1) is 20.4. The molecule has 0 aliphatic carbocycles. The van der Waals surface area contributed by atoms with Crippen molar-refractivity contribution < 1.29 is 59.2 Å². The summed E-state index contributed by atoms with van der Waals surface area (Å²) in [4.78, 5) is 11.1. The Morgan fingerprint density at radius 2 is 1.83 bits per heavy atom. The molecule has 102 valence electrons. The van der Waals surface area contributed by atoms with Crippen LogP contribution in [0.1, 0.15) is 6.92 Å². The van der Waals surface area contributed by atoms with E-state index < -0.39 is 36.9 Å². The summed E-state index contributed by atoms with van der Waals surface area (Å²) in [6.07, 6.45) is 0. The molecule has 0 spiro atoms. The normalized spacial score (nSPS) is 14.4. The molecule has 18 heavy (non-hydrogen) atoms. The molecule has 0 aromatic heterocycles. The number of methoxy groups -OCH3 is 1. The van der Waals surface area contributed by atoms with Crippen LogP contribution in [-0.4, -0.2) is 45.6 Å². The van der Waals surface area contributed by atoms with Crippen molar-refractivity contribution in [3.63, 3.8) is 0 Å². The second-order valence-electron chi connectivity index (χ2n) is 2.45. The molecule has 1 unspecified atom stereocenters. The van der Waals surface area contributed by atoms with Crippen molar-refractivity contribution in [2.24, 2.45) is 0 Å². The maximum Gasteiger partial charge on any atom is 1.00 e. The van der Waals surface area contributed by atoms with Crippen LogP contribution in [0.25, 0.3) is 0 Å². The predicted octanol–water partition coefficient (Wildman–Crippen LogP) is -2.52. The van der Waals surface area contributed by atoms with E-state index >= 15 is 0 Å². The SMILES string of the molecule is CCOP(=O)(OCCOS(=O)(=O)[O-])C(=O)OC.[Li+]. The van der Waals surface area contributed by atoms with Crippen molar-refractivity contribution in [3.8, 4) is 0 Å². The molecule has 0 radical (unpaired) electrons. The molecule has 12 heteroatoms. The van der Waals surface area contributed by atoms with E-state index in [1.807, 2.05) is 0 Å². The fourth-order valence-electron chi connectivity index (χ4n) is 0.718. The summed E-state index contributed by atoms with van der Waals surface area (Å²) in [5.74, 6) is 0. The fraction of sp³-hybridized carbons (Fsp3) is 0.833. The third kappa shape index (κ3) is 8.24. The molecule has 0 aromatic rings. The van der Waals surface area contributed by atoms with E-state index in [2.05, 4.69) is 18.0 Å². The van der Waals surface area contributed by atoms with Gasteiger partial charge in [0.25, 0.3) is 0 Å². The monoisotopic (exact) mass is 298 g/mol. The summed E-state index contributed by atoms with van der Waals surface area (Å²) >= 11 is 0. The largest absolute Gasteiger partial charge is 1.00 e. The third-order valence-corrected chi connectivity index (χ3v) is 3.48. The summed E-state index contributed by atoms with van der Waals surface area (Å²) in [5.41, 5.74) is -1.22. The van der Waals surface area contributed by atoms with Gasteiger partial charge in [0.05, 0.1) is 26.9 Å². The molecule has 1 atom stereocenters. The number of ether oxygens (including phenoxy) is 1. The number of rotatable bonds is 8. The fourth-order valence-corrected chi connectivity index (χ4v) is 2.15. The molecule has 9 nitrogen and oxygen atoms in total. The first-order chi connectivity index (χ1) is 7.75. The van der Waals surface area contributed by atoms with Crippen LogP contribution in [0, 0.1) is 0 Å². The van der Waals surface area contributed by atoms with E-state index in [0.717, 1.165) is 7.11 Å². The van der Waals surface area contributed by atoms with Gasteiger partial charge in [-0.15, -0.1) is 0 Å². The zero-order chi connectivity index (χ0) is 13.5. The van der Waals surface area contributed by atoms with Crippen LogP contribution in [0.15, 0.2) is 0 Å². The quantitative estimate of drug-likeness (QED) is 0.157. The minimum Gasteiger partial charge on any atom is -0.726 e. The molecule has 0 fully saturated rings. The van der Waals surface area contributed by atoms with E-state index in [9.17, 15) is 22.3 Å². The molecule has 0 rings (SSSR count). The van der Waals surface area contributed by atoms with E-state index in [-0.39, 0.29) is 25.5 Å². The number of hydrogen-bond acceptors (Lipinski definition) is 9. The average Bonchev–Trinajstić information content (AvgIpc) is 2.22. The summed E-state index contributed by atoms with van der Waals surface area (Å²) in [6.45, 7) is 0.137. The van der Waals surface area contributed by atoms with Gasteiger partial charge in [-0.1, -0.05) is 0 Å². The Balaban J connectivity index is 0. The third-order valence-electron chi connectivity index (χ3n) is 1.27. The van der Waals surface area contributed by atoms with Crippen LogP contribution in [0.2, 0.25) is 0 Å². The smallest absolute Gasteiger partial charge is 0.726 e. The van der Waals surface area contributed by atoms with Crippen LogP contribution in [0.4, 0.5) is 4.79 Å². The standard InChI is InChI=1S/C6H13O9PS.Li/c1-3-13-16(8,6(7)12-2)14-4-5-15-17(9,10)11;/h3-5H2,1-2H3,(H,9,10,11);/q;+1/p-1. The van der Waals surface area contributed by atoms with Gasteiger partial charge < -0.3 is 13.8 Å². The molecular weight excluding hydrogens is 286 g/mol. The van der Waals surface area contributed by atoms with Gasteiger partial charge in [0, 0.05) is 0 Å². The molecule has 0 saturated carbocycles. The summed E-state index contributed by atoms with van der Waals surface area (Å²) in [7, 11) is -8.00. The van der Waals surface area contributed by atoms with Crippen molar-refractivity contribution in [3.05, 3.63) is 0 Å². The van der Waals surface area contributed by atoms with Gasteiger partial charge >= 0.3 is 32.2 Å². The molecular formula is C6H12LiO9PS. The van der Waals surface area contributed by atoms with Crippen LogP contribution in [-0.2, 0) is 32.9 Å². The number of hydrogen-bond donors (Lipinski definition) is 0. The van der Waals surface area contributed by atoms with Gasteiger partial charge in [-0.3, -0.25) is 8.71 Å². The van der Waals surface area contributed by atoms with Crippen LogP contribution in [0.3, 0.4) is 0 Å². The van der Waals surface area contributed by atoms with Crippen LogP contribution < -0.4 is 18.9 Å². The molecule has 0 saturated heterocycles. The zero-order valence-corrected chi connectivity index (χ0v) is 11.9. The summed E-state index contributed by atoms with van der Waals surface area (Å²) in [5, 5.41) is 0. The van der Waals surface area contributed by atoms with Crippen molar-refractivity contribution in [2.75, 3.05) is 26.9 Å². The molecule has 0 bridgehead atoms. The molecule has 0 aliphatic heterocycles. The second-order valence-corrected chi connectivity index (χ2v) is 5.38. The van der Waals surface area contributed by atoms with Crippen molar-refractivity contribution >= 4 is 23.7 Å². The van der Waals surface area contributed by atoms with E-state index in [4.69, 9.17) is 0 Å². The Morgan fingerprint density at radius 1 is 1.28 bits per heavy atom. The molecule has 0 heterocycles. The molecule has 0 aliphatic rings. The van der Waals surface area contributed by atoms with Crippen LogP contribution in [0.5, 0.6) is 0 Å². The second kappa shape index (κ2) is 9.06. The Bertz CT molecular complexity index is 394. The molecule has 0 aromatic carbocycles. The van der Waals surface area contributed by atoms with Gasteiger partial charge in [-0.25, -0.2) is 17.8 Å². The maximum absolute atomic E-state index is 11.7. The first-order valence-electron chi connectivity index (χ1n) is 4.33. The van der Waals surface area contributed by atoms with Crippen molar-refractivity contribution in [2.45, 2.75) is 6.92 Å². The van der Waals surface area contributed by atoms with E-state index in [0.29, 0.717) is 0 Å². The Labute approximate surface area is 117 Å². The Morgan fingerprint density at radius 3 is 2.22 bits per heavy atom. The van der Waals surface area contributed by atoms with E-state index in [1.165, 1.54) is 6.92 Å². The van der Waals surface area contributed by atoms with Gasteiger partial charge in [-0.05, 0) is 6.92 Å². The predicted molar refractivity (Wildman–Crippen MR) is 53.2 cm³/mol. The van der Waals surface area contributed by atoms with Gasteiger partial charge in [-0.2, -0.15) is 0 Å². The Hall–Kier alpha value is 0.0874. The van der Waals surface area contributed by atoms with Gasteiger partial charge in [0.15, 0.2) is 0 Å². The summed E-state index contributed by atoms with van der Waals surface area (Å²) < 4.78 is 58.9. The number of carbonyl (C=O) groups is 1. The minimum atomic E-state index is -4.86. The summed E-state index contributed by atoms with van der Waals surface area (Å²) in [6, 6.07) is 0. The van der Waals surface area contributed by atoms with Gasteiger partial charge in [0.1, 0.15) is 0 Å².